The van der Waals surface area contributed by atoms with Crippen molar-refractivity contribution < 1.29 is 0 Å². The Morgan fingerprint density at radius 1 is 1.30 bits per heavy atom. The summed E-state index contributed by atoms with van der Waals surface area (Å²) in [6.45, 7) is 6.15. The molecule has 0 aliphatic heterocycles. The number of nitrogens with one attached hydrogen (secondary N) is 1. The van der Waals surface area contributed by atoms with Crippen molar-refractivity contribution in [1.29, 1.82) is 0 Å². The fraction of sp³-hybridized carbons (Fsp3) is 0.812. The highest BCUT2D eigenvalue weighted by Crippen LogP contribution is 2.48. The van der Waals surface area contributed by atoms with Gasteiger partial charge in [0.05, 0.1) is 18.1 Å². The molecule has 4 heteroatoms. The summed E-state index contributed by atoms with van der Waals surface area (Å²) in [7, 11) is 0. The molecule has 1 aromatic rings. The van der Waals surface area contributed by atoms with E-state index >= 15 is 0 Å². The molecule has 112 valence electrons. The van der Waals surface area contributed by atoms with Gasteiger partial charge in [0.2, 0.25) is 0 Å². The van der Waals surface area contributed by atoms with E-state index in [2.05, 4.69) is 28.7 Å². The van der Waals surface area contributed by atoms with Crippen LogP contribution < -0.4 is 11.1 Å². The molecule has 20 heavy (non-hydrogen) atoms. The molecule has 2 aliphatic rings. The minimum Gasteiger partial charge on any atom is -0.331 e. The van der Waals surface area contributed by atoms with Crippen LogP contribution in [0.15, 0.2) is 12.5 Å². The highest BCUT2D eigenvalue weighted by Gasteiger charge is 2.41. The van der Waals surface area contributed by atoms with Gasteiger partial charge in [-0.05, 0) is 63.8 Å². The molecule has 3 N–H and O–H groups in total. The van der Waals surface area contributed by atoms with Crippen molar-refractivity contribution >= 4 is 0 Å². The Morgan fingerprint density at radius 2 is 1.95 bits per heavy atom. The zero-order valence-corrected chi connectivity index (χ0v) is 12.8. The van der Waals surface area contributed by atoms with Crippen LogP contribution in [0.3, 0.4) is 0 Å². The fourth-order valence-electron chi connectivity index (χ4n) is 3.37. The Hall–Kier alpha value is -0.870. The molecule has 1 aromatic heterocycles. The van der Waals surface area contributed by atoms with E-state index in [1.807, 2.05) is 12.5 Å². The zero-order valence-electron chi connectivity index (χ0n) is 12.8. The summed E-state index contributed by atoms with van der Waals surface area (Å²) in [4.78, 5) is 4.30. The van der Waals surface area contributed by atoms with Crippen LogP contribution in [0.5, 0.6) is 0 Å². The van der Waals surface area contributed by atoms with Crippen molar-refractivity contribution in [2.24, 2.45) is 23.5 Å². The second kappa shape index (κ2) is 5.86. The number of nitrogens with two attached hydrogens (primary N) is 1. The van der Waals surface area contributed by atoms with E-state index in [1.54, 1.807) is 0 Å². The summed E-state index contributed by atoms with van der Waals surface area (Å²) < 4.78 is 2.23. The third-order valence-corrected chi connectivity index (χ3v) is 4.90. The van der Waals surface area contributed by atoms with Crippen molar-refractivity contribution in [3.05, 3.63) is 18.2 Å². The highest BCUT2D eigenvalue weighted by atomic mass is 15.1. The van der Waals surface area contributed by atoms with E-state index in [0.717, 1.165) is 24.3 Å². The van der Waals surface area contributed by atoms with Gasteiger partial charge in [0.1, 0.15) is 0 Å². The molecular formula is C16H28N4. The molecule has 2 saturated carbocycles. The third-order valence-electron chi connectivity index (χ3n) is 4.90. The van der Waals surface area contributed by atoms with Crippen molar-refractivity contribution in [2.45, 2.75) is 51.6 Å². The average Bonchev–Trinajstić information content (AvgIpc) is 3.35. The lowest BCUT2D eigenvalue weighted by Gasteiger charge is -2.24. The maximum atomic E-state index is 6.00. The summed E-state index contributed by atoms with van der Waals surface area (Å²) in [5.41, 5.74) is 7.23. The van der Waals surface area contributed by atoms with Crippen LogP contribution in [0.4, 0.5) is 0 Å². The average molecular weight is 276 g/mol. The molecule has 2 fully saturated rings. The summed E-state index contributed by atoms with van der Waals surface area (Å²) >= 11 is 0. The first-order chi connectivity index (χ1) is 9.70. The molecule has 0 saturated heterocycles. The van der Waals surface area contributed by atoms with Gasteiger partial charge in [-0.3, -0.25) is 0 Å². The molecule has 0 amide bonds. The molecule has 1 heterocycles. The molecule has 0 spiro atoms. The maximum absolute atomic E-state index is 6.00. The number of rotatable bonds is 8. The lowest BCUT2D eigenvalue weighted by Crippen LogP contribution is -2.35. The smallest absolute Gasteiger partial charge is 0.0951 e. The van der Waals surface area contributed by atoms with Gasteiger partial charge in [0.15, 0.2) is 0 Å². The minimum atomic E-state index is 0.236. The van der Waals surface area contributed by atoms with Gasteiger partial charge in [-0.25, -0.2) is 4.98 Å². The Kier molecular flexibility index (Phi) is 4.13. The van der Waals surface area contributed by atoms with Crippen LogP contribution in [0.25, 0.3) is 0 Å². The molecule has 2 aliphatic carbocycles. The minimum absolute atomic E-state index is 0.236. The number of hydrogen-bond acceptors (Lipinski definition) is 3. The standard InChI is InChI=1S/C16H28N4/c1-11(2)20-10-18-9-16(20)15(7-17)19-8-14(12-3-4-12)13-5-6-13/h9-15,19H,3-8,17H2,1-2H3. The van der Waals surface area contributed by atoms with Crippen molar-refractivity contribution in [3.8, 4) is 0 Å². The first-order valence-corrected chi connectivity index (χ1v) is 8.16. The zero-order chi connectivity index (χ0) is 14.1. The van der Waals surface area contributed by atoms with Crippen LogP contribution in [-0.4, -0.2) is 22.6 Å². The van der Waals surface area contributed by atoms with Crippen molar-refractivity contribution in [2.75, 3.05) is 13.1 Å². The topological polar surface area (TPSA) is 55.9 Å². The van der Waals surface area contributed by atoms with E-state index < -0.39 is 0 Å². The predicted octanol–water partition coefficient (Wildman–Crippen LogP) is 2.49. The van der Waals surface area contributed by atoms with Gasteiger partial charge < -0.3 is 15.6 Å². The van der Waals surface area contributed by atoms with Crippen LogP contribution in [0.1, 0.15) is 57.3 Å². The summed E-state index contributed by atoms with van der Waals surface area (Å²) in [5, 5.41) is 3.72. The molecule has 0 aromatic carbocycles. The van der Waals surface area contributed by atoms with Gasteiger partial charge in [0.25, 0.3) is 0 Å². The third kappa shape index (κ3) is 3.07. The first kappa shape index (κ1) is 14.1. The molecule has 4 nitrogen and oxygen atoms in total. The normalized spacial score (nSPS) is 20.9. The van der Waals surface area contributed by atoms with Crippen LogP contribution in [0.2, 0.25) is 0 Å². The second-order valence-electron chi connectivity index (χ2n) is 6.85. The van der Waals surface area contributed by atoms with Gasteiger partial charge in [-0.1, -0.05) is 0 Å². The Balaban J connectivity index is 1.62. The predicted molar refractivity (Wildman–Crippen MR) is 81.3 cm³/mol. The van der Waals surface area contributed by atoms with Crippen molar-refractivity contribution in [1.82, 2.24) is 14.9 Å². The van der Waals surface area contributed by atoms with Gasteiger partial charge in [0, 0.05) is 18.8 Å². The van der Waals surface area contributed by atoms with Gasteiger partial charge in [-0.15, -0.1) is 0 Å². The summed E-state index contributed by atoms with van der Waals surface area (Å²) in [6.07, 6.45) is 9.66. The quantitative estimate of drug-likeness (QED) is 0.767. The summed E-state index contributed by atoms with van der Waals surface area (Å²) in [6, 6.07) is 0.672. The van der Waals surface area contributed by atoms with Crippen LogP contribution >= 0.6 is 0 Å². The monoisotopic (exact) mass is 276 g/mol. The Bertz CT molecular complexity index is 419. The van der Waals surface area contributed by atoms with E-state index in [1.165, 1.54) is 31.4 Å². The second-order valence-corrected chi connectivity index (χ2v) is 6.85. The molecule has 3 rings (SSSR count). The molecule has 1 atom stereocenters. The molecular weight excluding hydrogens is 248 g/mol. The first-order valence-electron chi connectivity index (χ1n) is 8.16. The Morgan fingerprint density at radius 3 is 2.45 bits per heavy atom. The van der Waals surface area contributed by atoms with E-state index in [9.17, 15) is 0 Å². The maximum Gasteiger partial charge on any atom is 0.0951 e. The molecule has 0 bridgehead atoms. The Labute approximate surface area is 122 Å². The number of nitrogens with zero attached hydrogens (tertiary/aromatic N) is 2. The number of hydrogen-bond donors (Lipinski definition) is 2. The summed E-state index contributed by atoms with van der Waals surface area (Å²) in [5.74, 6) is 2.87. The SMILES string of the molecule is CC(C)n1cncc1C(CN)NCC(C1CC1)C1CC1. The largest absolute Gasteiger partial charge is 0.331 e. The highest BCUT2D eigenvalue weighted by molar-refractivity contribution is 5.07. The number of imidazole rings is 1. The molecule has 0 radical (unpaired) electrons. The fourth-order valence-corrected chi connectivity index (χ4v) is 3.37. The van der Waals surface area contributed by atoms with E-state index in [4.69, 9.17) is 5.73 Å². The van der Waals surface area contributed by atoms with Gasteiger partial charge >= 0.3 is 0 Å². The van der Waals surface area contributed by atoms with E-state index in [0.29, 0.717) is 12.6 Å². The van der Waals surface area contributed by atoms with Crippen molar-refractivity contribution in [3.63, 3.8) is 0 Å². The molecule has 1 unspecified atom stereocenters. The lowest BCUT2D eigenvalue weighted by atomic mass is 9.97. The van der Waals surface area contributed by atoms with Crippen LogP contribution in [0, 0.1) is 17.8 Å². The van der Waals surface area contributed by atoms with Gasteiger partial charge in [-0.2, -0.15) is 0 Å². The number of aromatic nitrogens is 2. The van der Waals surface area contributed by atoms with Crippen LogP contribution in [-0.2, 0) is 0 Å². The lowest BCUT2D eigenvalue weighted by molar-refractivity contribution is 0.350. The van der Waals surface area contributed by atoms with E-state index in [-0.39, 0.29) is 6.04 Å².